The molecule has 1 atom stereocenters. The van der Waals surface area contributed by atoms with Gasteiger partial charge in [0.15, 0.2) is 11.9 Å². The van der Waals surface area contributed by atoms with E-state index in [9.17, 15) is 27.9 Å². The summed E-state index contributed by atoms with van der Waals surface area (Å²) >= 11 is 0. The van der Waals surface area contributed by atoms with Gasteiger partial charge in [-0.1, -0.05) is 6.92 Å². The van der Waals surface area contributed by atoms with Crippen molar-refractivity contribution < 1.29 is 37.0 Å². The molecule has 2 amide bonds. The highest BCUT2D eigenvalue weighted by atomic mass is 19.4. The summed E-state index contributed by atoms with van der Waals surface area (Å²) in [5, 5.41) is 13.0. The number of piperidine rings is 1. The number of aromatic nitrogens is 3. The number of aliphatic imine (C=N–C) groups is 1. The zero-order valence-electron chi connectivity index (χ0n) is 27.8. The highest BCUT2D eigenvalue weighted by Crippen LogP contribution is 2.49. The van der Waals surface area contributed by atoms with Crippen molar-refractivity contribution in [2.24, 2.45) is 10.7 Å². The fourth-order valence-electron chi connectivity index (χ4n) is 6.83. The Morgan fingerprint density at radius 1 is 1.10 bits per heavy atom. The van der Waals surface area contributed by atoms with Crippen molar-refractivity contribution in [3.05, 3.63) is 69.8 Å². The summed E-state index contributed by atoms with van der Waals surface area (Å²) in [5.41, 5.74) is 6.04. The average molecular weight is 696 g/mol. The van der Waals surface area contributed by atoms with Gasteiger partial charge in [0.1, 0.15) is 22.9 Å². The van der Waals surface area contributed by atoms with Crippen molar-refractivity contribution in [3.63, 3.8) is 0 Å². The molecule has 7 rings (SSSR count). The Morgan fingerprint density at radius 3 is 2.34 bits per heavy atom. The lowest BCUT2D eigenvalue weighted by Crippen LogP contribution is -2.49. The number of nitrogens with one attached hydrogen (secondary N) is 1. The first-order valence-electron chi connectivity index (χ1n) is 16.6. The normalized spacial score (nSPS) is 20.1. The van der Waals surface area contributed by atoms with Gasteiger partial charge in [-0.05, 0) is 82.2 Å². The summed E-state index contributed by atoms with van der Waals surface area (Å²) in [6.07, 6.45) is -2.48. The van der Waals surface area contributed by atoms with Gasteiger partial charge in [0.2, 0.25) is 0 Å². The number of amidine groups is 1. The van der Waals surface area contributed by atoms with Crippen LogP contribution >= 0.6 is 0 Å². The van der Waals surface area contributed by atoms with E-state index in [1.165, 1.54) is 12.1 Å². The Kier molecular flexibility index (Phi) is 8.21. The van der Waals surface area contributed by atoms with Crippen LogP contribution < -0.4 is 16.0 Å². The quantitative estimate of drug-likeness (QED) is 0.277. The molecule has 15 heteroatoms. The van der Waals surface area contributed by atoms with Gasteiger partial charge in [-0.3, -0.25) is 14.6 Å². The largest absolute Gasteiger partial charge is 0.433 e. The number of aryl methyl sites for hydroxylation is 2. The Bertz CT molecular complexity index is 1910. The maximum absolute atomic E-state index is 16.0. The van der Waals surface area contributed by atoms with E-state index in [-0.39, 0.29) is 48.8 Å². The number of ether oxygens (including phenoxy) is 1. The second-order valence-corrected chi connectivity index (χ2v) is 14.0. The van der Waals surface area contributed by atoms with Crippen LogP contribution in [0.4, 0.5) is 23.2 Å². The molecule has 4 aliphatic rings. The van der Waals surface area contributed by atoms with Crippen LogP contribution in [0.2, 0.25) is 0 Å². The number of aliphatic hydroxyl groups is 1. The van der Waals surface area contributed by atoms with E-state index < -0.39 is 40.7 Å². The lowest BCUT2D eigenvalue weighted by molar-refractivity contribution is -0.141. The molecule has 2 saturated carbocycles. The number of alkyl halides is 3. The second kappa shape index (κ2) is 12.1. The monoisotopic (exact) mass is 695 g/mol. The number of aliphatic hydroxyl groups excluding tert-OH is 1. The number of hydrogen-bond donors (Lipinski definition) is 3. The molecule has 1 spiro atoms. The van der Waals surface area contributed by atoms with Crippen LogP contribution in [0, 0.1) is 19.7 Å². The molecular weight excluding hydrogens is 658 g/mol. The van der Waals surface area contributed by atoms with Crippen LogP contribution in [-0.2, 0) is 32.5 Å². The zero-order chi connectivity index (χ0) is 35.7. The first-order valence-corrected chi connectivity index (χ1v) is 16.6. The highest BCUT2D eigenvalue weighted by Gasteiger charge is 2.49. The number of primary amides is 1. The number of nitrogens with zero attached hydrogens (tertiary/aromatic N) is 5. The summed E-state index contributed by atoms with van der Waals surface area (Å²) < 4.78 is 62.6. The molecule has 0 radical (unpaired) electrons. The van der Waals surface area contributed by atoms with Gasteiger partial charge in [-0.15, -0.1) is 0 Å². The Balaban J connectivity index is 1.20. The highest BCUT2D eigenvalue weighted by molar-refractivity contribution is 6.16. The van der Waals surface area contributed by atoms with Crippen molar-refractivity contribution in [3.8, 4) is 11.1 Å². The maximum atomic E-state index is 16.0. The topological polar surface area (TPSA) is 156 Å². The van der Waals surface area contributed by atoms with Crippen LogP contribution in [0.25, 0.3) is 11.1 Å². The van der Waals surface area contributed by atoms with E-state index in [0.29, 0.717) is 65.3 Å². The van der Waals surface area contributed by atoms with Gasteiger partial charge in [0, 0.05) is 52.3 Å². The van der Waals surface area contributed by atoms with E-state index in [2.05, 4.69) is 20.3 Å². The Hall–Kier alpha value is -4.50. The van der Waals surface area contributed by atoms with Gasteiger partial charge >= 0.3 is 6.18 Å². The zero-order valence-corrected chi connectivity index (χ0v) is 27.8. The first-order chi connectivity index (χ1) is 23.6. The standard InChI is InChI=1S/C35H37F4N7O4/c1-17-26(18(2)42-31(41-17)27(47)29(40)48)19-14-23(36)22(16-50-20-4-5-20)24(15-19)46-12-10-34(11-13-46)32(49)44-30(45-34)21-6-7-25(35(37,38)39)43-28(21)33(3)8-9-33/h6-7,14-15,20,27,47H,4-5,8-13,16H2,1-3H3,(H2,40,48)(H,44,45,49). The summed E-state index contributed by atoms with van der Waals surface area (Å²) in [6, 6.07) is 5.48. The number of carbonyl (C=O) groups is 2. The van der Waals surface area contributed by atoms with Crippen molar-refractivity contribution in [2.45, 2.75) is 95.2 Å². The van der Waals surface area contributed by atoms with Gasteiger partial charge in [-0.25, -0.2) is 19.3 Å². The minimum Gasteiger partial charge on any atom is -0.376 e. The molecule has 2 aliphatic carbocycles. The SMILES string of the molecule is Cc1nc(C(O)C(N)=O)nc(C)c1-c1cc(F)c(COC2CC2)c(N2CCC3(CC2)N=C(c2ccc(C(F)(F)F)nc2C2(C)CC2)NC3=O)c1. The van der Waals surface area contributed by atoms with Crippen molar-refractivity contribution >= 4 is 23.3 Å². The molecule has 1 saturated heterocycles. The van der Waals surface area contributed by atoms with Crippen LogP contribution in [0.5, 0.6) is 0 Å². The summed E-state index contributed by atoms with van der Waals surface area (Å²) in [4.78, 5) is 44.5. The Labute approximate surface area is 285 Å². The molecule has 0 bridgehead atoms. The third-order valence-electron chi connectivity index (χ3n) is 10.2. The van der Waals surface area contributed by atoms with Crippen LogP contribution in [0.1, 0.15) is 91.3 Å². The molecule has 1 aromatic carbocycles. The minimum atomic E-state index is -4.60. The molecule has 2 aliphatic heterocycles. The predicted octanol–water partition coefficient (Wildman–Crippen LogP) is 4.48. The second-order valence-electron chi connectivity index (χ2n) is 14.0. The van der Waals surface area contributed by atoms with Gasteiger partial charge < -0.3 is 25.8 Å². The number of rotatable bonds is 9. The molecule has 4 N–H and O–H groups in total. The van der Waals surface area contributed by atoms with E-state index >= 15 is 4.39 Å². The minimum absolute atomic E-state index is 0.0528. The fraction of sp³-hybridized carbons (Fsp3) is 0.486. The van der Waals surface area contributed by atoms with E-state index in [1.54, 1.807) is 13.8 Å². The molecule has 3 fully saturated rings. The summed E-state index contributed by atoms with van der Waals surface area (Å²) in [6.45, 7) is 5.91. The van der Waals surface area contributed by atoms with E-state index in [1.807, 2.05) is 17.9 Å². The molecule has 264 valence electrons. The lowest BCUT2D eigenvalue weighted by atomic mass is 9.87. The molecular formula is C35H37F4N7O4. The number of amides is 2. The van der Waals surface area contributed by atoms with Crippen molar-refractivity contribution in [1.29, 1.82) is 0 Å². The molecule has 3 aromatic rings. The molecule has 11 nitrogen and oxygen atoms in total. The van der Waals surface area contributed by atoms with E-state index in [4.69, 9.17) is 15.5 Å². The predicted molar refractivity (Wildman–Crippen MR) is 174 cm³/mol. The number of carbonyl (C=O) groups excluding carboxylic acids is 2. The van der Waals surface area contributed by atoms with Crippen molar-refractivity contribution in [2.75, 3.05) is 18.0 Å². The lowest BCUT2D eigenvalue weighted by Gasteiger charge is -2.38. The van der Waals surface area contributed by atoms with Crippen LogP contribution in [-0.4, -0.2) is 62.4 Å². The maximum Gasteiger partial charge on any atom is 0.433 e. The number of halogens is 4. The number of hydrogen-bond acceptors (Lipinski definition) is 9. The third kappa shape index (κ3) is 6.21. The molecule has 1 unspecified atom stereocenters. The van der Waals surface area contributed by atoms with Gasteiger partial charge in [0.25, 0.3) is 11.8 Å². The first kappa shape index (κ1) is 34.0. The van der Waals surface area contributed by atoms with Gasteiger partial charge in [-0.2, -0.15) is 13.2 Å². The molecule has 50 heavy (non-hydrogen) atoms. The van der Waals surface area contributed by atoms with Crippen LogP contribution in [0.15, 0.2) is 29.3 Å². The van der Waals surface area contributed by atoms with Gasteiger partial charge in [0.05, 0.1) is 18.4 Å². The number of benzene rings is 1. The molecule has 2 aromatic heterocycles. The number of pyridine rings is 1. The number of anilines is 1. The Morgan fingerprint density at radius 2 is 1.76 bits per heavy atom. The van der Waals surface area contributed by atoms with Crippen molar-refractivity contribution in [1.82, 2.24) is 20.3 Å². The summed E-state index contributed by atoms with van der Waals surface area (Å²) in [5.74, 6) is -1.75. The van der Waals surface area contributed by atoms with Crippen LogP contribution in [0.3, 0.4) is 0 Å². The smallest absolute Gasteiger partial charge is 0.376 e. The van der Waals surface area contributed by atoms with E-state index in [0.717, 1.165) is 18.9 Å². The number of nitrogens with two attached hydrogens (primary N) is 1. The summed E-state index contributed by atoms with van der Waals surface area (Å²) in [7, 11) is 0. The fourth-order valence-corrected chi connectivity index (χ4v) is 6.83. The third-order valence-corrected chi connectivity index (χ3v) is 10.2. The molecule has 4 heterocycles. The average Bonchev–Trinajstić information content (AvgIpc) is 4.00.